The predicted molar refractivity (Wildman–Crippen MR) is 358 cm³/mol. The highest BCUT2D eigenvalue weighted by Gasteiger charge is 2.30. The van der Waals surface area contributed by atoms with Crippen molar-refractivity contribution in [2.45, 2.75) is 363 Å². The van der Waals surface area contributed by atoms with E-state index in [1.54, 1.807) is 0 Å². The van der Waals surface area contributed by atoms with Gasteiger partial charge < -0.3 is 33.8 Å². The van der Waals surface area contributed by atoms with Crippen LogP contribution in [0.5, 0.6) is 0 Å². The van der Waals surface area contributed by atoms with E-state index in [4.69, 9.17) is 37.0 Å². The maximum absolute atomic E-state index is 13.0. The zero-order valence-corrected chi connectivity index (χ0v) is 59.8. The lowest BCUT2D eigenvalue weighted by Gasteiger charge is -2.21. The van der Waals surface area contributed by atoms with Crippen LogP contribution in [0.2, 0.25) is 0 Å². The first-order valence-electron chi connectivity index (χ1n) is 36.2. The number of hydrogen-bond donors (Lipinski definition) is 3. The van der Waals surface area contributed by atoms with Gasteiger partial charge in [-0.2, -0.15) is 0 Å². The molecule has 0 fully saturated rings. The zero-order chi connectivity index (χ0) is 66.1. The normalized spacial score (nSPS) is 14.6. The van der Waals surface area contributed by atoms with Gasteiger partial charge >= 0.3 is 39.5 Å². The number of aliphatic hydroxyl groups is 1. The van der Waals surface area contributed by atoms with E-state index in [1.165, 1.54) is 141 Å². The molecule has 19 heteroatoms. The summed E-state index contributed by atoms with van der Waals surface area (Å²) in [5.74, 6) is 0.822. The molecule has 0 saturated heterocycles. The minimum atomic E-state index is -4.95. The van der Waals surface area contributed by atoms with Crippen LogP contribution in [0, 0.1) is 23.7 Å². The molecule has 4 unspecified atom stereocenters. The van der Waals surface area contributed by atoms with Gasteiger partial charge in [0, 0.05) is 25.7 Å². The number of carbonyl (C=O) groups is 4. The summed E-state index contributed by atoms with van der Waals surface area (Å²) in [6.07, 6.45) is 41.9. The molecule has 0 aromatic heterocycles. The van der Waals surface area contributed by atoms with Crippen molar-refractivity contribution in [2.24, 2.45) is 23.7 Å². The topological polar surface area (TPSA) is 237 Å². The Hall–Kier alpha value is -1.94. The second-order valence-electron chi connectivity index (χ2n) is 26.9. The number of hydrogen-bond acceptors (Lipinski definition) is 15. The van der Waals surface area contributed by atoms with Crippen molar-refractivity contribution in [3.8, 4) is 0 Å². The number of aliphatic hydroxyl groups excluding tert-OH is 1. The number of rotatable bonds is 67. The Balaban J connectivity index is 5.20. The fourth-order valence-electron chi connectivity index (χ4n) is 10.5. The lowest BCUT2D eigenvalue weighted by atomic mass is 9.99. The Bertz CT molecular complexity index is 1770. The van der Waals surface area contributed by atoms with Crippen LogP contribution < -0.4 is 0 Å². The fourth-order valence-corrected chi connectivity index (χ4v) is 12.0. The highest BCUT2D eigenvalue weighted by atomic mass is 31.2. The quantitative estimate of drug-likeness (QED) is 0.0222. The molecular weight excluding hydrogens is 1170 g/mol. The molecule has 89 heavy (non-hydrogen) atoms. The third-order valence-corrected chi connectivity index (χ3v) is 18.3. The van der Waals surface area contributed by atoms with Gasteiger partial charge in [0.15, 0.2) is 12.2 Å². The fraction of sp³-hybridized carbons (Fsp3) is 0.943. The first kappa shape index (κ1) is 87.1. The standard InChI is InChI=1S/C70H136O17P2/c1-9-63(8)49-41-33-24-19-20-25-34-42-50-67(72)80-56-65(87-70(75)53-45-37-27-21-23-31-39-47-61(4)5)58-84-88(76,77)82-54-64(71)55-83-89(78,79)85-59-66(57-81-68(73)51-43-35-29-28-32-40-48-62(6)7)86-69(74)52-44-36-26-18-16-14-12-10-11-13-15-17-22-30-38-46-60(2)3/h60-66,71H,9-59H2,1-8H3,(H,76,77)(H,78,79)/t63?,64?,65-,66-/m1/s1. The van der Waals surface area contributed by atoms with Crippen LogP contribution in [0.4, 0.5) is 0 Å². The summed E-state index contributed by atoms with van der Waals surface area (Å²) in [4.78, 5) is 72.5. The van der Waals surface area contributed by atoms with E-state index in [0.29, 0.717) is 37.5 Å². The van der Waals surface area contributed by atoms with Crippen LogP contribution in [-0.2, 0) is 65.4 Å². The number of carbonyl (C=O) groups excluding carboxylic acids is 4. The monoisotopic (exact) mass is 1310 g/mol. The molecule has 0 spiro atoms. The number of esters is 4. The average molecular weight is 1310 g/mol. The van der Waals surface area contributed by atoms with E-state index in [9.17, 15) is 43.2 Å². The molecule has 0 amide bonds. The molecule has 3 N–H and O–H groups in total. The molecule has 0 bridgehead atoms. The first-order chi connectivity index (χ1) is 42.6. The predicted octanol–water partition coefficient (Wildman–Crippen LogP) is 19.7. The van der Waals surface area contributed by atoms with Crippen molar-refractivity contribution in [3.05, 3.63) is 0 Å². The third kappa shape index (κ3) is 63.2. The van der Waals surface area contributed by atoms with Crippen molar-refractivity contribution >= 4 is 39.5 Å². The number of unbranched alkanes of at least 4 members (excludes halogenated alkanes) is 32. The van der Waals surface area contributed by atoms with Gasteiger partial charge in [-0.25, -0.2) is 9.13 Å². The summed E-state index contributed by atoms with van der Waals surface area (Å²) in [6, 6.07) is 0. The lowest BCUT2D eigenvalue weighted by molar-refractivity contribution is -0.161. The van der Waals surface area contributed by atoms with Crippen LogP contribution in [0.1, 0.15) is 344 Å². The van der Waals surface area contributed by atoms with E-state index >= 15 is 0 Å². The van der Waals surface area contributed by atoms with Crippen molar-refractivity contribution in [1.29, 1.82) is 0 Å². The van der Waals surface area contributed by atoms with Gasteiger partial charge in [-0.05, 0) is 49.4 Å². The Morgan fingerprint density at radius 3 is 0.798 bits per heavy atom. The highest BCUT2D eigenvalue weighted by molar-refractivity contribution is 7.47. The second-order valence-corrected chi connectivity index (χ2v) is 29.8. The Morgan fingerprint density at radius 2 is 0.539 bits per heavy atom. The Labute approximate surface area is 543 Å². The van der Waals surface area contributed by atoms with E-state index < -0.39 is 97.5 Å². The van der Waals surface area contributed by atoms with Crippen LogP contribution >= 0.6 is 15.6 Å². The highest BCUT2D eigenvalue weighted by Crippen LogP contribution is 2.45. The number of phosphoric acid groups is 2. The second kappa shape index (κ2) is 59.8. The van der Waals surface area contributed by atoms with Gasteiger partial charge in [0.1, 0.15) is 19.3 Å². The zero-order valence-electron chi connectivity index (χ0n) is 58.1. The van der Waals surface area contributed by atoms with E-state index in [-0.39, 0.29) is 25.7 Å². The average Bonchev–Trinajstić information content (AvgIpc) is 3.67. The number of ether oxygens (including phenoxy) is 4. The van der Waals surface area contributed by atoms with E-state index in [2.05, 4.69) is 55.4 Å². The summed E-state index contributed by atoms with van der Waals surface area (Å²) in [5.41, 5.74) is 0. The summed E-state index contributed by atoms with van der Waals surface area (Å²) in [7, 11) is -9.90. The molecule has 0 aliphatic heterocycles. The van der Waals surface area contributed by atoms with Crippen molar-refractivity contribution in [1.82, 2.24) is 0 Å². The molecule has 0 saturated carbocycles. The Morgan fingerprint density at radius 1 is 0.315 bits per heavy atom. The van der Waals surface area contributed by atoms with E-state index in [0.717, 1.165) is 108 Å². The van der Waals surface area contributed by atoms with Crippen LogP contribution in [0.25, 0.3) is 0 Å². The summed E-state index contributed by atoms with van der Waals surface area (Å²) >= 11 is 0. The maximum atomic E-state index is 13.0. The van der Waals surface area contributed by atoms with Crippen molar-refractivity contribution in [2.75, 3.05) is 39.6 Å². The molecular formula is C70H136O17P2. The first-order valence-corrected chi connectivity index (χ1v) is 39.2. The van der Waals surface area contributed by atoms with Crippen molar-refractivity contribution in [3.63, 3.8) is 0 Å². The molecule has 6 atom stereocenters. The summed E-state index contributed by atoms with van der Waals surface area (Å²) in [6.45, 7) is 14.0. The summed E-state index contributed by atoms with van der Waals surface area (Å²) in [5, 5.41) is 10.6. The molecule has 0 rings (SSSR count). The van der Waals surface area contributed by atoms with Crippen LogP contribution in [0.15, 0.2) is 0 Å². The van der Waals surface area contributed by atoms with Crippen LogP contribution in [-0.4, -0.2) is 96.7 Å². The van der Waals surface area contributed by atoms with E-state index in [1.807, 2.05) is 0 Å². The minimum Gasteiger partial charge on any atom is -0.462 e. The molecule has 0 heterocycles. The van der Waals surface area contributed by atoms with Crippen molar-refractivity contribution < 1.29 is 80.2 Å². The van der Waals surface area contributed by atoms with Gasteiger partial charge in [0.2, 0.25) is 0 Å². The van der Waals surface area contributed by atoms with Gasteiger partial charge in [0.05, 0.1) is 26.4 Å². The Kier molecular flexibility index (Phi) is 58.5. The molecule has 0 aliphatic carbocycles. The molecule has 0 aromatic carbocycles. The molecule has 528 valence electrons. The maximum Gasteiger partial charge on any atom is 0.472 e. The lowest BCUT2D eigenvalue weighted by Crippen LogP contribution is -2.30. The molecule has 17 nitrogen and oxygen atoms in total. The largest absolute Gasteiger partial charge is 0.472 e. The SMILES string of the molecule is CCC(C)CCCCCCCCCCC(=O)OC[C@H](COP(=O)(O)OCC(O)COP(=O)(O)OC[C@@H](COC(=O)CCCCCCCCC(C)C)OC(=O)CCCCCCCCCCCCCCCCCC(C)C)OC(=O)CCCCCCCCCC(C)C. The van der Waals surface area contributed by atoms with Crippen LogP contribution in [0.3, 0.4) is 0 Å². The van der Waals surface area contributed by atoms with Gasteiger partial charge in [-0.15, -0.1) is 0 Å². The molecule has 0 radical (unpaired) electrons. The number of phosphoric ester groups is 2. The van der Waals surface area contributed by atoms with Gasteiger partial charge in [0.25, 0.3) is 0 Å². The minimum absolute atomic E-state index is 0.102. The molecule has 0 aromatic rings. The van der Waals surface area contributed by atoms with Gasteiger partial charge in [-0.1, -0.05) is 293 Å². The van der Waals surface area contributed by atoms with Gasteiger partial charge in [-0.3, -0.25) is 37.3 Å². The third-order valence-electron chi connectivity index (χ3n) is 16.4. The molecule has 0 aliphatic rings. The smallest absolute Gasteiger partial charge is 0.462 e. The summed E-state index contributed by atoms with van der Waals surface area (Å²) < 4.78 is 68.2.